The highest BCUT2D eigenvalue weighted by molar-refractivity contribution is 7.92. The standard InChI is InChI=1S/C20H25N3O3S/c1-16(2)22-12-14-23(15-13-22)20(24)17-8-10-19(11-9-17)27(25,26)21-18-6-4-3-5-7-18/h3-11,16,21H,12-15H2,1-2H3. The lowest BCUT2D eigenvalue weighted by atomic mass is 10.1. The van der Waals surface area contributed by atoms with Gasteiger partial charge in [-0.15, -0.1) is 0 Å². The van der Waals surface area contributed by atoms with Crippen molar-refractivity contribution in [2.45, 2.75) is 24.8 Å². The molecule has 0 unspecified atom stereocenters. The molecule has 0 aliphatic carbocycles. The van der Waals surface area contributed by atoms with Crippen molar-refractivity contribution in [2.24, 2.45) is 0 Å². The van der Waals surface area contributed by atoms with Crippen molar-refractivity contribution in [1.29, 1.82) is 0 Å². The van der Waals surface area contributed by atoms with E-state index in [4.69, 9.17) is 0 Å². The Bertz CT molecular complexity index is 872. The zero-order chi connectivity index (χ0) is 19.4. The minimum atomic E-state index is -3.68. The van der Waals surface area contributed by atoms with Crippen molar-refractivity contribution in [3.8, 4) is 0 Å². The number of amides is 1. The summed E-state index contributed by atoms with van der Waals surface area (Å²) in [5.74, 6) is -0.0571. The summed E-state index contributed by atoms with van der Waals surface area (Å²) in [6.45, 7) is 7.40. The summed E-state index contributed by atoms with van der Waals surface area (Å²) >= 11 is 0. The Morgan fingerprint density at radius 3 is 2.07 bits per heavy atom. The molecule has 7 heteroatoms. The van der Waals surface area contributed by atoms with Crippen LogP contribution in [0.3, 0.4) is 0 Å². The minimum Gasteiger partial charge on any atom is -0.336 e. The summed E-state index contributed by atoms with van der Waals surface area (Å²) in [6.07, 6.45) is 0. The number of hydrogen-bond donors (Lipinski definition) is 1. The number of para-hydroxylation sites is 1. The molecule has 1 aliphatic rings. The third kappa shape index (κ3) is 4.67. The Balaban J connectivity index is 1.67. The Labute approximate surface area is 160 Å². The zero-order valence-electron chi connectivity index (χ0n) is 15.6. The molecule has 0 aromatic heterocycles. The number of nitrogens with one attached hydrogen (secondary N) is 1. The van der Waals surface area contributed by atoms with E-state index >= 15 is 0 Å². The second-order valence-corrected chi connectivity index (χ2v) is 8.60. The van der Waals surface area contributed by atoms with E-state index in [1.807, 2.05) is 11.0 Å². The first-order valence-electron chi connectivity index (χ1n) is 9.08. The van der Waals surface area contributed by atoms with Crippen LogP contribution >= 0.6 is 0 Å². The maximum absolute atomic E-state index is 12.7. The first-order chi connectivity index (χ1) is 12.9. The van der Waals surface area contributed by atoms with E-state index in [1.54, 1.807) is 36.4 Å². The molecule has 6 nitrogen and oxygen atoms in total. The Morgan fingerprint density at radius 1 is 0.926 bits per heavy atom. The number of piperazine rings is 1. The number of benzene rings is 2. The number of hydrogen-bond acceptors (Lipinski definition) is 4. The lowest BCUT2D eigenvalue weighted by Gasteiger charge is -2.37. The molecule has 1 heterocycles. The van der Waals surface area contributed by atoms with Gasteiger partial charge in [-0.3, -0.25) is 14.4 Å². The molecule has 1 amide bonds. The number of nitrogens with zero attached hydrogens (tertiary/aromatic N) is 2. The van der Waals surface area contributed by atoms with Gasteiger partial charge in [-0.1, -0.05) is 18.2 Å². The smallest absolute Gasteiger partial charge is 0.261 e. The van der Waals surface area contributed by atoms with E-state index in [0.717, 1.165) is 13.1 Å². The Kier molecular flexibility index (Phi) is 5.82. The van der Waals surface area contributed by atoms with Gasteiger partial charge in [-0.05, 0) is 50.2 Å². The van der Waals surface area contributed by atoms with Crippen molar-refractivity contribution in [3.63, 3.8) is 0 Å². The van der Waals surface area contributed by atoms with Crippen molar-refractivity contribution in [1.82, 2.24) is 9.80 Å². The van der Waals surface area contributed by atoms with Crippen LogP contribution in [0, 0.1) is 0 Å². The summed E-state index contributed by atoms with van der Waals surface area (Å²) in [4.78, 5) is 17.0. The van der Waals surface area contributed by atoms with Crippen LogP contribution in [0.1, 0.15) is 24.2 Å². The summed E-state index contributed by atoms with van der Waals surface area (Å²) in [5, 5.41) is 0. The molecule has 0 radical (unpaired) electrons. The molecule has 2 aromatic rings. The summed E-state index contributed by atoms with van der Waals surface area (Å²) in [6, 6.07) is 15.3. The first kappa shape index (κ1) is 19.4. The topological polar surface area (TPSA) is 69.7 Å². The maximum Gasteiger partial charge on any atom is 0.261 e. The number of carbonyl (C=O) groups excluding carboxylic acids is 1. The predicted octanol–water partition coefficient (Wildman–Crippen LogP) is 2.65. The predicted molar refractivity (Wildman–Crippen MR) is 106 cm³/mol. The van der Waals surface area contributed by atoms with Crippen LogP contribution in [0.5, 0.6) is 0 Å². The third-order valence-corrected chi connectivity index (χ3v) is 6.17. The van der Waals surface area contributed by atoms with Crippen LogP contribution < -0.4 is 4.72 Å². The van der Waals surface area contributed by atoms with Crippen LogP contribution in [0.2, 0.25) is 0 Å². The van der Waals surface area contributed by atoms with Gasteiger partial charge in [0.2, 0.25) is 0 Å². The first-order valence-corrected chi connectivity index (χ1v) is 10.6. The number of anilines is 1. The number of sulfonamides is 1. The molecular formula is C20H25N3O3S. The fourth-order valence-corrected chi connectivity index (χ4v) is 4.18. The molecule has 1 N–H and O–H groups in total. The van der Waals surface area contributed by atoms with Crippen molar-refractivity contribution in [2.75, 3.05) is 30.9 Å². The van der Waals surface area contributed by atoms with Gasteiger partial charge in [-0.2, -0.15) is 0 Å². The molecule has 1 aliphatic heterocycles. The van der Waals surface area contributed by atoms with Crippen molar-refractivity contribution >= 4 is 21.6 Å². The van der Waals surface area contributed by atoms with Gasteiger partial charge in [0.25, 0.3) is 15.9 Å². The molecule has 144 valence electrons. The van der Waals surface area contributed by atoms with E-state index in [0.29, 0.717) is 30.4 Å². The molecule has 0 atom stereocenters. The Hall–Kier alpha value is -2.38. The van der Waals surface area contributed by atoms with Gasteiger partial charge in [0.05, 0.1) is 4.90 Å². The van der Waals surface area contributed by atoms with E-state index < -0.39 is 10.0 Å². The van der Waals surface area contributed by atoms with Gasteiger partial charge in [0, 0.05) is 43.5 Å². The molecule has 3 rings (SSSR count). The van der Waals surface area contributed by atoms with Crippen LogP contribution in [-0.4, -0.2) is 56.3 Å². The molecule has 27 heavy (non-hydrogen) atoms. The number of rotatable bonds is 5. The average Bonchev–Trinajstić information content (AvgIpc) is 2.68. The number of carbonyl (C=O) groups is 1. The van der Waals surface area contributed by atoms with E-state index in [-0.39, 0.29) is 10.8 Å². The monoisotopic (exact) mass is 387 g/mol. The van der Waals surface area contributed by atoms with Crippen LogP contribution in [-0.2, 0) is 10.0 Å². The van der Waals surface area contributed by atoms with Gasteiger partial charge >= 0.3 is 0 Å². The lowest BCUT2D eigenvalue weighted by molar-refractivity contribution is 0.0595. The van der Waals surface area contributed by atoms with Gasteiger partial charge in [0.15, 0.2) is 0 Å². The van der Waals surface area contributed by atoms with E-state index in [2.05, 4.69) is 23.5 Å². The molecule has 0 bridgehead atoms. The van der Waals surface area contributed by atoms with Gasteiger partial charge in [0.1, 0.15) is 0 Å². The fraction of sp³-hybridized carbons (Fsp3) is 0.350. The third-order valence-electron chi connectivity index (χ3n) is 4.77. The van der Waals surface area contributed by atoms with Crippen LogP contribution in [0.15, 0.2) is 59.5 Å². The molecule has 0 spiro atoms. The molecule has 2 aromatic carbocycles. The lowest BCUT2D eigenvalue weighted by Crippen LogP contribution is -2.50. The largest absolute Gasteiger partial charge is 0.336 e. The van der Waals surface area contributed by atoms with E-state index in [1.165, 1.54) is 12.1 Å². The minimum absolute atomic E-state index is 0.0571. The highest BCUT2D eigenvalue weighted by Crippen LogP contribution is 2.17. The quantitative estimate of drug-likeness (QED) is 0.856. The fourth-order valence-electron chi connectivity index (χ4n) is 3.12. The second kappa shape index (κ2) is 8.10. The Morgan fingerprint density at radius 2 is 1.52 bits per heavy atom. The zero-order valence-corrected chi connectivity index (χ0v) is 16.4. The maximum atomic E-state index is 12.7. The van der Waals surface area contributed by atoms with Gasteiger partial charge in [-0.25, -0.2) is 8.42 Å². The molecular weight excluding hydrogens is 362 g/mol. The summed E-state index contributed by atoms with van der Waals surface area (Å²) in [7, 11) is -3.68. The van der Waals surface area contributed by atoms with E-state index in [9.17, 15) is 13.2 Å². The van der Waals surface area contributed by atoms with Crippen LogP contribution in [0.25, 0.3) is 0 Å². The average molecular weight is 388 g/mol. The second-order valence-electron chi connectivity index (χ2n) is 6.92. The van der Waals surface area contributed by atoms with Crippen molar-refractivity contribution < 1.29 is 13.2 Å². The SMILES string of the molecule is CC(C)N1CCN(C(=O)c2ccc(S(=O)(=O)Nc3ccccc3)cc2)CC1. The summed E-state index contributed by atoms with van der Waals surface area (Å²) in [5.41, 5.74) is 1.01. The molecule has 0 saturated carbocycles. The van der Waals surface area contributed by atoms with Crippen LogP contribution in [0.4, 0.5) is 5.69 Å². The molecule has 1 fully saturated rings. The summed E-state index contributed by atoms with van der Waals surface area (Å²) < 4.78 is 27.5. The highest BCUT2D eigenvalue weighted by atomic mass is 32.2. The van der Waals surface area contributed by atoms with Gasteiger partial charge < -0.3 is 4.90 Å². The normalized spacial score (nSPS) is 15.7. The highest BCUT2D eigenvalue weighted by Gasteiger charge is 2.23. The van der Waals surface area contributed by atoms with Crippen molar-refractivity contribution in [3.05, 3.63) is 60.2 Å². The molecule has 1 saturated heterocycles.